The molecule has 0 aromatic heterocycles. The molecule has 0 bridgehead atoms. The van der Waals surface area contributed by atoms with Crippen LogP contribution in [-0.4, -0.2) is 32.0 Å². The molecule has 150 valence electrons. The van der Waals surface area contributed by atoms with Crippen LogP contribution in [0.25, 0.3) is 0 Å². The number of rotatable bonds is 9. The van der Waals surface area contributed by atoms with E-state index in [1.165, 1.54) is 12.1 Å². The van der Waals surface area contributed by atoms with Crippen molar-refractivity contribution in [2.45, 2.75) is 32.7 Å². The molecule has 0 unspecified atom stereocenters. The Labute approximate surface area is 166 Å². The molecule has 0 radical (unpaired) electrons. The number of hydrogen-bond acceptors (Lipinski definition) is 2. The number of nitrogens with one attached hydrogen (secondary N) is 3. The summed E-state index contributed by atoms with van der Waals surface area (Å²) in [6.07, 6.45) is 2.75. The van der Waals surface area contributed by atoms with Crippen molar-refractivity contribution in [1.29, 1.82) is 0 Å². The minimum absolute atomic E-state index is 0.0391. The molecule has 0 aliphatic heterocycles. The van der Waals surface area contributed by atoms with Gasteiger partial charge in [-0.2, -0.15) is 0 Å². The van der Waals surface area contributed by atoms with Gasteiger partial charge in [-0.3, -0.25) is 9.79 Å². The number of amides is 1. The second-order valence-electron chi connectivity index (χ2n) is 6.54. The summed E-state index contributed by atoms with van der Waals surface area (Å²) in [7, 11) is 1.71. The molecule has 0 saturated carbocycles. The number of aliphatic imine (C=N–C) groups is 1. The summed E-state index contributed by atoms with van der Waals surface area (Å²) < 4.78 is 13.2. The van der Waals surface area contributed by atoms with Crippen LogP contribution in [-0.2, 0) is 13.0 Å². The molecule has 0 atom stereocenters. The third kappa shape index (κ3) is 7.39. The first-order chi connectivity index (χ1) is 13.6. The van der Waals surface area contributed by atoms with Crippen LogP contribution in [0.5, 0.6) is 0 Å². The predicted molar refractivity (Wildman–Crippen MR) is 112 cm³/mol. The number of carbonyl (C=O) groups excluding carboxylic acids is 1. The fourth-order valence-electron chi connectivity index (χ4n) is 2.68. The first-order valence-electron chi connectivity index (χ1n) is 9.68. The zero-order valence-electron chi connectivity index (χ0n) is 16.6. The highest BCUT2D eigenvalue weighted by molar-refractivity contribution is 5.94. The first kappa shape index (κ1) is 21.4. The Bertz CT molecular complexity index is 774. The Balaban J connectivity index is 1.75. The number of benzene rings is 2. The molecule has 0 fully saturated rings. The number of hydrogen-bond donors (Lipinski definition) is 3. The van der Waals surface area contributed by atoms with E-state index >= 15 is 0 Å². The molecular formula is C22H29FN4O. The van der Waals surface area contributed by atoms with E-state index in [1.54, 1.807) is 13.1 Å². The monoisotopic (exact) mass is 384 g/mol. The van der Waals surface area contributed by atoms with Crippen LogP contribution < -0.4 is 16.0 Å². The molecular weight excluding hydrogens is 355 g/mol. The lowest BCUT2D eigenvalue weighted by Crippen LogP contribution is -2.37. The predicted octanol–water partition coefficient (Wildman–Crippen LogP) is 3.26. The molecule has 6 heteroatoms. The van der Waals surface area contributed by atoms with Crippen LogP contribution in [0.15, 0.2) is 53.5 Å². The maximum Gasteiger partial charge on any atom is 0.251 e. The molecule has 0 saturated heterocycles. The van der Waals surface area contributed by atoms with Crippen LogP contribution in [0.4, 0.5) is 4.39 Å². The maximum atomic E-state index is 13.2. The van der Waals surface area contributed by atoms with Crippen LogP contribution in [0.2, 0.25) is 0 Å². The van der Waals surface area contributed by atoms with Gasteiger partial charge in [-0.05, 0) is 48.2 Å². The van der Waals surface area contributed by atoms with Gasteiger partial charge in [0, 0.05) is 32.2 Å². The second kappa shape index (κ2) is 11.7. The third-order valence-electron chi connectivity index (χ3n) is 4.31. The van der Waals surface area contributed by atoms with Gasteiger partial charge < -0.3 is 16.0 Å². The van der Waals surface area contributed by atoms with Crippen LogP contribution in [0, 0.1) is 5.82 Å². The Morgan fingerprint density at radius 1 is 1.00 bits per heavy atom. The van der Waals surface area contributed by atoms with Gasteiger partial charge in [-0.25, -0.2) is 4.39 Å². The van der Waals surface area contributed by atoms with E-state index in [1.807, 2.05) is 30.3 Å². The van der Waals surface area contributed by atoms with Gasteiger partial charge in [0.05, 0.1) is 0 Å². The molecule has 1 amide bonds. The fourth-order valence-corrected chi connectivity index (χ4v) is 2.68. The molecule has 0 aliphatic carbocycles. The lowest BCUT2D eigenvalue weighted by Gasteiger charge is -2.12. The second-order valence-corrected chi connectivity index (χ2v) is 6.54. The van der Waals surface area contributed by atoms with Crippen molar-refractivity contribution in [3.8, 4) is 0 Å². The molecule has 28 heavy (non-hydrogen) atoms. The Morgan fingerprint density at radius 2 is 1.79 bits per heavy atom. The van der Waals surface area contributed by atoms with E-state index in [-0.39, 0.29) is 11.7 Å². The zero-order valence-corrected chi connectivity index (χ0v) is 16.6. The van der Waals surface area contributed by atoms with Gasteiger partial charge in [0.25, 0.3) is 5.91 Å². The topological polar surface area (TPSA) is 65.5 Å². The van der Waals surface area contributed by atoms with E-state index < -0.39 is 0 Å². The van der Waals surface area contributed by atoms with Crippen molar-refractivity contribution in [1.82, 2.24) is 16.0 Å². The third-order valence-corrected chi connectivity index (χ3v) is 4.31. The molecule has 2 aromatic carbocycles. The van der Waals surface area contributed by atoms with Gasteiger partial charge in [0.15, 0.2) is 5.96 Å². The SMILES string of the molecule is CCCCNC(=O)c1ccc(CNC(=NC)NCCc2cccc(F)c2)cc1. The normalized spacial score (nSPS) is 11.2. The van der Waals surface area contributed by atoms with Gasteiger partial charge in [0.2, 0.25) is 0 Å². The number of carbonyl (C=O) groups is 1. The minimum atomic E-state index is -0.220. The number of halogens is 1. The van der Waals surface area contributed by atoms with Gasteiger partial charge in [-0.1, -0.05) is 37.6 Å². The minimum Gasteiger partial charge on any atom is -0.356 e. The van der Waals surface area contributed by atoms with Crippen molar-refractivity contribution in [3.05, 3.63) is 71.0 Å². The Kier molecular flexibility index (Phi) is 8.98. The summed E-state index contributed by atoms with van der Waals surface area (Å²) in [5.41, 5.74) is 2.66. The van der Waals surface area contributed by atoms with Crippen LogP contribution in [0.1, 0.15) is 41.3 Å². The van der Waals surface area contributed by atoms with E-state index in [0.29, 0.717) is 37.6 Å². The number of nitrogens with zero attached hydrogens (tertiary/aromatic N) is 1. The first-order valence-corrected chi connectivity index (χ1v) is 9.68. The molecule has 0 aliphatic rings. The lowest BCUT2D eigenvalue weighted by molar-refractivity contribution is 0.0953. The summed E-state index contributed by atoms with van der Waals surface area (Å²) in [5.74, 6) is 0.420. The fraction of sp³-hybridized carbons (Fsp3) is 0.364. The van der Waals surface area contributed by atoms with E-state index in [9.17, 15) is 9.18 Å². The molecule has 5 nitrogen and oxygen atoms in total. The van der Waals surface area contributed by atoms with Crippen molar-refractivity contribution in [3.63, 3.8) is 0 Å². The van der Waals surface area contributed by atoms with Crippen molar-refractivity contribution in [2.24, 2.45) is 4.99 Å². The quantitative estimate of drug-likeness (QED) is 0.353. The molecule has 2 rings (SSSR count). The summed E-state index contributed by atoms with van der Waals surface area (Å²) >= 11 is 0. The molecule has 2 aromatic rings. The van der Waals surface area contributed by atoms with E-state index in [2.05, 4.69) is 27.9 Å². The maximum absolute atomic E-state index is 13.2. The molecule has 3 N–H and O–H groups in total. The van der Waals surface area contributed by atoms with Gasteiger partial charge >= 0.3 is 0 Å². The van der Waals surface area contributed by atoms with Crippen molar-refractivity contribution in [2.75, 3.05) is 20.1 Å². The number of guanidine groups is 1. The Hall–Kier alpha value is -2.89. The molecule has 0 heterocycles. The highest BCUT2D eigenvalue weighted by atomic mass is 19.1. The number of unbranched alkanes of at least 4 members (excludes halogenated alkanes) is 1. The van der Waals surface area contributed by atoms with Crippen molar-refractivity contribution >= 4 is 11.9 Å². The summed E-state index contributed by atoms with van der Waals surface area (Å²) in [5, 5.41) is 9.37. The molecule has 0 spiro atoms. The van der Waals surface area contributed by atoms with Crippen LogP contribution in [0.3, 0.4) is 0 Å². The smallest absolute Gasteiger partial charge is 0.251 e. The van der Waals surface area contributed by atoms with Gasteiger partial charge in [0.1, 0.15) is 5.82 Å². The van der Waals surface area contributed by atoms with E-state index in [0.717, 1.165) is 24.0 Å². The summed E-state index contributed by atoms with van der Waals surface area (Å²) in [4.78, 5) is 16.2. The van der Waals surface area contributed by atoms with E-state index in [4.69, 9.17) is 0 Å². The highest BCUT2D eigenvalue weighted by Gasteiger charge is 2.05. The average molecular weight is 384 g/mol. The summed E-state index contributed by atoms with van der Waals surface area (Å²) in [6, 6.07) is 14.1. The lowest BCUT2D eigenvalue weighted by atomic mass is 10.1. The van der Waals surface area contributed by atoms with Crippen LogP contribution >= 0.6 is 0 Å². The highest BCUT2D eigenvalue weighted by Crippen LogP contribution is 2.05. The van der Waals surface area contributed by atoms with Crippen molar-refractivity contribution < 1.29 is 9.18 Å². The summed E-state index contributed by atoms with van der Waals surface area (Å²) in [6.45, 7) is 4.05. The zero-order chi connectivity index (χ0) is 20.2. The largest absolute Gasteiger partial charge is 0.356 e. The average Bonchev–Trinajstić information content (AvgIpc) is 2.71. The Morgan fingerprint density at radius 3 is 2.46 bits per heavy atom. The van der Waals surface area contributed by atoms with Gasteiger partial charge in [-0.15, -0.1) is 0 Å². The standard InChI is InChI=1S/C22H29FN4O/c1-3-4-13-25-21(28)19-10-8-18(9-11-19)16-27-22(24-2)26-14-12-17-6-5-7-20(23)15-17/h5-11,15H,3-4,12-14,16H2,1-2H3,(H,25,28)(H2,24,26,27).